The van der Waals surface area contributed by atoms with Crippen LogP contribution in [0.15, 0.2) is 41.8 Å². The van der Waals surface area contributed by atoms with Gasteiger partial charge in [0.2, 0.25) is 5.78 Å². The number of fused-ring (bicyclic) bond motifs is 1. The van der Waals surface area contributed by atoms with Crippen LogP contribution in [0, 0.1) is 13.8 Å². The van der Waals surface area contributed by atoms with Crippen LogP contribution >= 0.6 is 22.9 Å². The Morgan fingerprint density at radius 3 is 2.89 bits per heavy atom. The number of ketones is 1. The molecule has 0 saturated carbocycles. The van der Waals surface area contributed by atoms with Crippen LogP contribution in [0.2, 0.25) is 5.02 Å². The SMILES string of the molecule is Cc1cc(C(=O)COn2nnc3ccc(Cl)cc32)c(C)n1Cc1cccs1. The van der Waals surface area contributed by atoms with Gasteiger partial charge in [-0.25, -0.2) is 0 Å². The summed E-state index contributed by atoms with van der Waals surface area (Å²) in [5, 5.41) is 10.5. The number of Topliss-reactive ketones (excluding diaryl/α,β-unsaturated/α-hetero) is 1. The maximum atomic E-state index is 12.7. The zero-order valence-corrected chi connectivity index (χ0v) is 16.4. The van der Waals surface area contributed by atoms with E-state index in [-0.39, 0.29) is 12.4 Å². The lowest BCUT2D eigenvalue weighted by atomic mass is 10.1. The summed E-state index contributed by atoms with van der Waals surface area (Å²) in [5.74, 6) is -0.105. The predicted molar refractivity (Wildman–Crippen MR) is 106 cm³/mol. The predicted octanol–water partition coefficient (Wildman–Crippen LogP) is 3.92. The van der Waals surface area contributed by atoms with Crippen LogP contribution in [-0.2, 0) is 6.54 Å². The van der Waals surface area contributed by atoms with Crippen molar-refractivity contribution in [2.45, 2.75) is 20.4 Å². The number of carbonyl (C=O) groups excluding carboxylic acids is 1. The molecule has 6 nitrogen and oxygen atoms in total. The van der Waals surface area contributed by atoms with E-state index in [1.807, 2.05) is 26.0 Å². The van der Waals surface area contributed by atoms with Gasteiger partial charge in [-0.15, -0.1) is 16.4 Å². The van der Waals surface area contributed by atoms with E-state index in [0.29, 0.717) is 21.6 Å². The van der Waals surface area contributed by atoms with Gasteiger partial charge in [0, 0.05) is 26.9 Å². The normalized spacial score (nSPS) is 11.2. The summed E-state index contributed by atoms with van der Waals surface area (Å²) in [6, 6.07) is 11.2. The van der Waals surface area contributed by atoms with Crippen molar-refractivity contribution < 1.29 is 9.63 Å². The van der Waals surface area contributed by atoms with Gasteiger partial charge in [0.1, 0.15) is 11.0 Å². The van der Waals surface area contributed by atoms with Crippen LogP contribution in [0.3, 0.4) is 0 Å². The molecule has 0 unspecified atom stereocenters. The highest BCUT2D eigenvalue weighted by Gasteiger charge is 2.17. The first-order valence-electron chi connectivity index (χ1n) is 8.39. The molecule has 0 atom stereocenters. The number of aryl methyl sites for hydroxylation is 1. The monoisotopic (exact) mass is 400 g/mol. The van der Waals surface area contributed by atoms with Gasteiger partial charge in [-0.3, -0.25) is 4.79 Å². The van der Waals surface area contributed by atoms with Crippen LogP contribution in [0.4, 0.5) is 0 Å². The number of rotatable bonds is 6. The van der Waals surface area contributed by atoms with Gasteiger partial charge in [-0.1, -0.05) is 22.5 Å². The molecule has 0 aliphatic rings. The minimum absolute atomic E-state index is 0.105. The third-order valence-electron chi connectivity index (χ3n) is 4.46. The van der Waals surface area contributed by atoms with Crippen molar-refractivity contribution in [3.63, 3.8) is 0 Å². The second kappa shape index (κ2) is 7.17. The van der Waals surface area contributed by atoms with Gasteiger partial charge >= 0.3 is 0 Å². The molecule has 4 aromatic rings. The summed E-state index contributed by atoms with van der Waals surface area (Å²) in [7, 11) is 0. The van der Waals surface area contributed by atoms with Crippen LogP contribution in [0.1, 0.15) is 26.6 Å². The summed E-state index contributed by atoms with van der Waals surface area (Å²) in [5.41, 5.74) is 3.91. The fourth-order valence-electron chi connectivity index (χ4n) is 3.05. The molecule has 1 aromatic carbocycles. The van der Waals surface area contributed by atoms with Crippen LogP contribution in [0.25, 0.3) is 11.0 Å². The first-order chi connectivity index (χ1) is 13.0. The Balaban J connectivity index is 1.52. The summed E-state index contributed by atoms with van der Waals surface area (Å²) >= 11 is 7.72. The van der Waals surface area contributed by atoms with Crippen molar-refractivity contribution in [2.75, 3.05) is 6.61 Å². The van der Waals surface area contributed by atoms with Gasteiger partial charge in [-0.2, -0.15) is 0 Å². The Hall–Kier alpha value is -2.64. The van der Waals surface area contributed by atoms with Crippen molar-refractivity contribution >= 4 is 39.8 Å². The summed E-state index contributed by atoms with van der Waals surface area (Å²) < 4.78 is 2.14. The van der Waals surface area contributed by atoms with E-state index in [1.54, 1.807) is 29.5 Å². The number of hydrogen-bond donors (Lipinski definition) is 0. The number of benzene rings is 1. The average molecular weight is 401 g/mol. The zero-order chi connectivity index (χ0) is 19.0. The fourth-order valence-corrected chi connectivity index (χ4v) is 3.91. The lowest BCUT2D eigenvalue weighted by Gasteiger charge is -2.08. The average Bonchev–Trinajstić information content (AvgIpc) is 3.36. The summed E-state index contributed by atoms with van der Waals surface area (Å²) in [4.78, 5) is 20.8. The summed E-state index contributed by atoms with van der Waals surface area (Å²) in [6.45, 7) is 4.59. The Morgan fingerprint density at radius 1 is 1.26 bits per heavy atom. The number of carbonyl (C=O) groups is 1. The number of nitrogens with zero attached hydrogens (tertiary/aromatic N) is 4. The Morgan fingerprint density at radius 2 is 2.11 bits per heavy atom. The first-order valence-corrected chi connectivity index (χ1v) is 9.65. The molecule has 0 amide bonds. The molecule has 0 saturated heterocycles. The third-order valence-corrected chi connectivity index (χ3v) is 5.56. The molecule has 27 heavy (non-hydrogen) atoms. The van der Waals surface area contributed by atoms with Gasteiger partial charge in [0.25, 0.3) is 0 Å². The maximum Gasteiger partial charge on any atom is 0.204 e. The molecule has 0 N–H and O–H groups in total. The van der Waals surface area contributed by atoms with Crippen molar-refractivity contribution in [1.29, 1.82) is 0 Å². The van der Waals surface area contributed by atoms with Crippen molar-refractivity contribution in [3.8, 4) is 0 Å². The minimum Gasteiger partial charge on any atom is -0.387 e. The molecule has 3 heterocycles. The highest BCUT2D eigenvalue weighted by molar-refractivity contribution is 7.09. The molecule has 8 heteroatoms. The lowest BCUT2D eigenvalue weighted by molar-refractivity contribution is 0.0630. The number of halogens is 1. The molecule has 0 bridgehead atoms. The quantitative estimate of drug-likeness (QED) is 0.460. The first kappa shape index (κ1) is 17.8. The number of thiophene rings is 1. The number of hydrogen-bond acceptors (Lipinski definition) is 5. The second-order valence-electron chi connectivity index (χ2n) is 6.24. The molecule has 3 aromatic heterocycles. The molecule has 0 fully saturated rings. The smallest absolute Gasteiger partial charge is 0.204 e. The molecule has 0 spiro atoms. The zero-order valence-electron chi connectivity index (χ0n) is 14.8. The minimum atomic E-state index is -0.131. The van der Waals surface area contributed by atoms with E-state index < -0.39 is 0 Å². The van der Waals surface area contributed by atoms with Gasteiger partial charge in [0.05, 0.1) is 6.54 Å². The molecule has 4 rings (SSSR count). The number of aromatic nitrogens is 4. The van der Waals surface area contributed by atoms with E-state index in [9.17, 15) is 4.79 Å². The second-order valence-corrected chi connectivity index (χ2v) is 7.71. The van der Waals surface area contributed by atoms with Gasteiger partial charge < -0.3 is 9.40 Å². The van der Waals surface area contributed by atoms with Gasteiger partial charge in [0.15, 0.2) is 6.61 Å². The Labute approximate surface area is 164 Å². The molecule has 0 aliphatic heterocycles. The molecule has 138 valence electrons. The molecule has 0 aliphatic carbocycles. The highest BCUT2D eigenvalue weighted by Crippen LogP contribution is 2.20. The standard InChI is InChI=1S/C19H17ClN4O2S/c1-12-8-16(13(2)23(12)10-15-4-3-7-27-15)19(25)11-26-24-18-9-14(20)5-6-17(18)21-22-24/h3-9H,10-11H2,1-2H3. The summed E-state index contributed by atoms with van der Waals surface area (Å²) in [6.07, 6.45) is 0. The van der Waals surface area contributed by atoms with E-state index in [0.717, 1.165) is 17.9 Å². The van der Waals surface area contributed by atoms with E-state index >= 15 is 0 Å². The van der Waals surface area contributed by atoms with Crippen molar-refractivity contribution in [3.05, 3.63) is 68.6 Å². The fraction of sp³-hybridized carbons (Fsp3) is 0.211. The van der Waals surface area contributed by atoms with E-state index in [4.69, 9.17) is 16.4 Å². The van der Waals surface area contributed by atoms with Crippen LogP contribution < -0.4 is 4.84 Å². The van der Waals surface area contributed by atoms with Crippen LogP contribution in [0.5, 0.6) is 0 Å². The molecular weight excluding hydrogens is 384 g/mol. The Bertz CT molecular complexity index is 1110. The maximum absolute atomic E-state index is 12.7. The van der Waals surface area contributed by atoms with E-state index in [2.05, 4.69) is 26.3 Å². The highest BCUT2D eigenvalue weighted by atomic mass is 35.5. The van der Waals surface area contributed by atoms with Crippen molar-refractivity contribution in [1.82, 2.24) is 19.7 Å². The molecule has 0 radical (unpaired) electrons. The van der Waals surface area contributed by atoms with Crippen LogP contribution in [-0.4, -0.2) is 32.1 Å². The molecular formula is C19H17ClN4O2S. The lowest BCUT2D eigenvalue weighted by Crippen LogP contribution is -2.21. The van der Waals surface area contributed by atoms with Crippen molar-refractivity contribution in [2.24, 2.45) is 0 Å². The van der Waals surface area contributed by atoms with Gasteiger partial charge in [-0.05, 0) is 54.8 Å². The Kier molecular flexibility index (Phi) is 4.72. The third kappa shape index (κ3) is 3.48. The largest absolute Gasteiger partial charge is 0.387 e. The topological polar surface area (TPSA) is 61.9 Å². The van der Waals surface area contributed by atoms with E-state index in [1.165, 1.54) is 9.72 Å².